The lowest BCUT2D eigenvalue weighted by atomic mass is 10.1. The van der Waals surface area contributed by atoms with E-state index < -0.39 is 0 Å². The Hall–Kier alpha value is -0.180. The molecule has 0 aromatic rings. The van der Waals surface area contributed by atoms with Crippen LogP contribution in [0.15, 0.2) is 0 Å². The Morgan fingerprint density at radius 3 is 2.90 bits per heavy atom. The molecule has 1 unspecified atom stereocenters. The number of rotatable bonds is 2. The second kappa shape index (κ2) is 3.86. The van der Waals surface area contributed by atoms with E-state index in [9.17, 15) is 4.79 Å². The molecule has 1 atom stereocenters. The van der Waals surface area contributed by atoms with Crippen LogP contribution in [0.4, 0.5) is 0 Å². The van der Waals surface area contributed by atoms with Gasteiger partial charge in [0.05, 0.1) is 0 Å². The molecule has 10 heavy (non-hydrogen) atoms. The largest absolute Gasteiger partial charge is 0.370 e. The molecule has 0 aromatic heterocycles. The zero-order valence-electron chi connectivity index (χ0n) is 6.01. The third-order valence-corrected chi connectivity index (χ3v) is 3.10. The smallest absolute Gasteiger partial charge is 0.218 e. The zero-order chi connectivity index (χ0) is 7.40. The predicted octanol–water partition coefficient (Wildman–Crippen LogP) is 1.15. The fraction of sp³-hybridized carbons (Fsp3) is 0.857. The molecule has 1 amide bonds. The van der Waals surface area contributed by atoms with Crippen molar-refractivity contribution in [2.45, 2.75) is 30.9 Å². The number of nitrogens with two attached hydrogens (primary N) is 1. The molecule has 1 rings (SSSR count). The minimum absolute atomic E-state index is 0.153. The van der Waals surface area contributed by atoms with Gasteiger partial charge in [-0.05, 0) is 18.6 Å². The molecular formula is C7H13NOS. The average Bonchev–Trinajstić information content (AvgIpc) is 1.88. The van der Waals surface area contributed by atoms with Crippen LogP contribution in [0, 0.1) is 0 Å². The third-order valence-electron chi connectivity index (χ3n) is 1.70. The van der Waals surface area contributed by atoms with Crippen LogP contribution < -0.4 is 5.73 Å². The number of carbonyl (C=O) groups is 1. The number of hydrogen-bond acceptors (Lipinski definition) is 2. The highest BCUT2D eigenvalue weighted by atomic mass is 32.2. The van der Waals surface area contributed by atoms with Crippen LogP contribution in [-0.4, -0.2) is 16.9 Å². The lowest BCUT2D eigenvalue weighted by molar-refractivity contribution is -0.118. The van der Waals surface area contributed by atoms with E-state index in [1.54, 1.807) is 0 Å². The molecule has 3 heteroatoms. The highest BCUT2D eigenvalue weighted by Gasteiger charge is 2.15. The van der Waals surface area contributed by atoms with Gasteiger partial charge in [0.25, 0.3) is 0 Å². The summed E-state index contributed by atoms with van der Waals surface area (Å²) in [4.78, 5) is 10.5. The van der Waals surface area contributed by atoms with Crippen molar-refractivity contribution in [3.63, 3.8) is 0 Å². The quantitative estimate of drug-likeness (QED) is 0.656. The summed E-state index contributed by atoms with van der Waals surface area (Å²) in [6, 6.07) is 0. The first-order chi connectivity index (χ1) is 4.79. The van der Waals surface area contributed by atoms with Crippen molar-refractivity contribution in [2.24, 2.45) is 5.73 Å². The van der Waals surface area contributed by atoms with Gasteiger partial charge in [-0.15, -0.1) is 0 Å². The summed E-state index contributed by atoms with van der Waals surface area (Å²) in [5.74, 6) is 1.05. The minimum Gasteiger partial charge on any atom is -0.370 e. The summed E-state index contributed by atoms with van der Waals surface area (Å²) < 4.78 is 0. The monoisotopic (exact) mass is 159 g/mol. The summed E-state index contributed by atoms with van der Waals surface area (Å²) in [6.45, 7) is 0. The topological polar surface area (TPSA) is 43.1 Å². The molecule has 1 saturated heterocycles. The summed E-state index contributed by atoms with van der Waals surface area (Å²) in [6.07, 6.45) is 4.32. The second-order valence-corrected chi connectivity index (χ2v) is 4.07. The molecule has 0 aromatic carbocycles. The number of carbonyl (C=O) groups excluding carboxylic acids is 1. The number of primary amides is 1. The third kappa shape index (κ3) is 2.60. The van der Waals surface area contributed by atoms with Crippen LogP contribution in [0.1, 0.15) is 25.7 Å². The zero-order valence-corrected chi connectivity index (χ0v) is 6.82. The van der Waals surface area contributed by atoms with E-state index in [1.165, 1.54) is 25.0 Å². The SMILES string of the molecule is NC(=O)CC1CCCCS1. The van der Waals surface area contributed by atoms with Crippen molar-refractivity contribution in [1.29, 1.82) is 0 Å². The van der Waals surface area contributed by atoms with Gasteiger partial charge in [0, 0.05) is 11.7 Å². The summed E-state index contributed by atoms with van der Waals surface area (Å²) in [5, 5.41) is 0.520. The maximum Gasteiger partial charge on any atom is 0.218 e. The lowest BCUT2D eigenvalue weighted by Gasteiger charge is -2.19. The van der Waals surface area contributed by atoms with Crippen molar-refractivity contribution < 1.29 is 4.79 Å². The van der Waals surface area contributed by atoms with E-state index in [-0.39, 0.29) is 5.91 Å². The van der Waals surface area contributed by atoms with E-state index >= 15 is 0 Å². The van der Waals surface area contributed by atoms with Crippen molar-refractivity contribution in [3.05, 3.63) is 0 Å². The number of hydrogen-bond donors (Lipinski definition) is 1. The molecule has 2 N–H and O–H groups in total. The van der Waals surface area contributed by atoms with Crippen molar-refractivity contribution in [3.8, 4) is 0 Å². The van der Waals surface area contributed by atoms with Crippen LogP contribution in [-0.2, 0) is 4.79 Å². The normalized spacial score (nSPS) is 26.2. The van der Waals surface area contributed by atoms with Crippen molar-refractivity contribution in [1.82, 2.24) is 0 Å². The van der Waals surface area contributed by atoms with Crippen molar-refractivity contribution in [2.75, 3.05) is 5.75 Å². The van der Waals surface area contributed by atoms with Gasteiger partial charge in [0.2, 0.25) is 5.91 Å². The minimum atomic E-state index is -0.153. The molecule has 1 fully saturated rings. The Bertz CT molecular complexity index is 121. The Balaban J connectivity index is 2.19. The Kier molecular flexibility index (Phi) is 3.06. The Labute approximate surface area is 65.5 Å². The molecule has 1 aliphatic rings. The van der Waals surface area contributed by atoms with Gasteiger partial charge in [0.1, 0.15) is 0 Å². The van der Waals surface area contributed by atoms with E-state index in [1.807, 2.05) is 11.8 Å². The summed E-state index contributed by atoms with van der Waals surface area (Å²) >= 11 is 1.89. The van der Waals surface area contributed by atoms with Gasteiger partial charge >= 0.3 is 0 Å². The van der Waals surface area contributed by atoms with Gasteiger partial charge in [-0.2, -0.15) is 11.8 Å². The summed E-state index contributed by atoms with van der Waals surface area (Å²) in [5.41, 5.74) is 5.07. The highest BCUT2D eigenvalue weighted by Crippen LogP contribution is 2.26. The molecule has 0 radical (unpaired) electrons. The van der Waals surface area contributed by atoms with Gasteiger partial charge in [0.15, 0.2) is 0 Å². The molecule has 1 heterocycles. The van der Waals surface area contributed by atoms with E-state index in [0.29, 0.717) is 11.7 Å². The highest BCUT2D eigenvalue weighted by molar-refractivity contribution is 7.99. The van der Waals surface area contributed by atoms with Gasteiger partial charge in [-0.1, -0.05) is 6.42 Å². The molecule has 2 nitrogen and oxygen atoms in total. The lowest BCUT2D eigenvalue weighted by Crippen LogP contribution is -2.20. The second-order valence-electron chi connectivity index (χ2n) is 2.66. The van der Waals surface area contributed by atoms with E-state index in [2.05, 4.69) is 0 Å². The standard InChI is InChI=1S/C7H13NOS/c8-7(9)5-6-3-1-2-4-10-6/h6H,1-5H2,(H2,8,9). The molecule has 0 saturated carbocycles. The molecular weight excluding hydrogens is 146 g/mol. The van der Waals surface area contributed by atoms with Gasteiger partial charge in [-0.3, -0.25) is 4.79 Å². The molecule has 58 valence electrons. The predicted molar refractivity (Wildman–Crippen MR) is 43.9 cm³/mol. The number of amides is 1. The van der Waals surface area contributed by atoms with Crippen LogP contribution >= 0.6 is 11.8 Å². The van der Waals surface area contributed by atoms with E-state index in [4.69, 9.17) is 5.73 Å². The fourth-order valence-electron chi connectivity index (χ4n) is 1.19. The number of thioether (sulfide) groups is 1. The maximum absolute atomic E-state index is 10.5. The van der Waals surface area contributed by atoms with Crippen molar-refractivity contribution >= 4 is 17.7 Å². The van der Waals surface area contributed by atoms with Gasteiger partial charge < -0.3 is 5.73 Å². The molecule has 0 bridgehead atoms. The molecule has 1 aliphatic heterocycles. The van der Waals surface area contributed by atoms with Crippen LogP contribution in [0.3, 0.4) is 0 Å². The maximum atomic E-state index is 10.5. The Morgan fingerprint density at radius 1 is 1.60 bits per heavy atom. The van der Waals surface area contributed by atoms with Crippen LogP contribution in [0.25, 0.3) is 0 Å². The first kappa shape index (κ1) is 7.92. The van der Waals surface area contributed by atoms with Crippen LogP contribution in [0.2, 0.25) is 0 Å². The molecule has 0 spiro atoms. The van der Waals surface area contributed by atoms with Crippen LogP contribution in [0.5, 0.6) is 0 Å². The van der Waals surface area contributed by atoms with Gasteiger partial charge in [-0.25, -0.2) is 0 Å². The molecule has 0 aliphatic carbocycles. The fourth-order valence-corrected chi connectivity index (χ4v) is 2.51. The summed E-state index contributed by atoms with van der Waals surface area (Å²) in [7, 11) is 0. The first-order valence-electron chi connectivity index (χ1n) is 3.69. The van der Waals surface area contributed by atoms with E-state index in [0.717, 1.165) is 0 Å². The average molecular weight is 159 g/mol. The first-order valence-corrected chi connectivity index (χ1v) is 4.74. The Morgan fingerprint density at radius 2 is 2.40 bits per heavy atom.